The molecular weight excluding hydrogens is 282 g/mol. The Kier molecular flexibility index (Phi) is 12.0. The minimum absolute atomic E-state index is 0.288. The number of hydrogen-bond acceptors (Lipinski definition) is 4. The first kappa shape index (κ1) is 19.2. The van der Waals surface area contributed by atoms with Gasteiger partial charge in [0.1, 0.15) is 0 Å². The summed E-state index contributed by atoms with van der Waals surface area (Å²) in [5.41, 5.74) is 0. The van der Waals surface area contributed by atoms with Gasteiger partial charge in [0.05, 0.1) is 19.3 Å². The molecule has 1 aliphatic heterocycles. The molecule has 130 valence electrons. The lowest BCUT2D eigenvalue weighted by molar-refractivity contribution is 0.0424. The van der Waals surface area contributed by atoms with E-state index in [4.69, 9.17) is 14.2 Å². The molecule has 0 aromatic heterocycles. The van der Waals surface area contributed by atoms with Crippen molar-refractivity contribution in [1.29, 1.82) is 0 Å². The molecular formula is C16H33N3O3. The van der Waals surface area contributed by atoms with Gasteiger partial charge in [0.25, 0.3) is 0 Å². The Labute approximate surface area is 135 Å². The van der Waals surface area contributed by atoms with Crippen LogP contribution in [0.25, 0.3) is 0 Å². The summed E-state index contributed by atoms with van der Waals surface area (Å²) in [5, 5.41) is 6.52. The summed E-state index contributed by atoms with van der Waals surface area (Å²) in [6.07, 6.45) is 4.54. The first-order valence-electron chi connectivity index (χ1n) is 8.66. The normalized spacial score (nSPS) is 18.6. The number of nitrogens with one attached hydrogen (secondary N) is 2. The third kappa shape index (κ3) is 9.97. The van der Waals surface area contributed by atoms with Crippen LogP contribution >= 0.6 is 0 Å². The van der Waals surface area contributed by atoms with Gasteiger partial charge in [-0.05, 0) is 26.2 Å². The topological polar surface area (TPSA) is 64.1 Å². The van der Waals surface area contributed by atoms with E-state index < -0.39 is 0 Å². The first-order valence-corrected chi connectivity index (χ1v) is 8.66. The quantitative estimate of drug-likeness (QED) is 0.325. The minimum atomic E-state index is 0.288. The highest BCUT2D eigenvalue weighted by Crippen LogP contribution is 2.07. The van der Waals surface area contributed by atoms with Crippen molar-refractivity contribution in [2.45, 2.75) is 45.6 Å². The maximum Gasteiger partial charge on any atom is 0.191 e. The number of rotatable bonds is 12. The molecule has 1 rings (SSSR count). The molecule has 0 bridgehead atoms. The Bertz CT molecular complexity index is 282. The van der Waals surface area contributed by atoms with Crippen molar-refractivity contribution >= 4 is 5.96 Å². The average Bonchev–Trinajstić information content (AvgIpc) is 3.03. The maximum absolute atomic E-state index is 5.73. The summed E-state index contributed by atoms with van der Waals surface area (Å²) in [6, 6.07) is 0. The zero-order chi connectivity index (χ0) is 15.9. The number of guanidine groups is 1. The van der Waals surface area contributed by atoms with Gasteiger partial charge in [-0.1, -0.05) is 13.3 Å². The molecule has 1 unspecified atom stereocenters. The van der Waals surface area contributed by atoms with Crippen molar-refractivity contribution in [3.05, 3.63) is 0 Å². The average molecular weight is 315 g/mol. The summed E-state index contributed by atoms with van der Waals surface area (Å²) < 4.78 is 16.5. The van der Waals surface area contributed by atoms with Gasteiger partial charge in [-0.3, -0.25) is 4.99 Å². The molecule has 0 radical (unpaired) electrons. The van der Waals surface area contributed by atoms with Crippen molar-refractivity contribution < 1.29 is 14.2 Å². The van der Waals surface area contributed by atoms with Crippen LogP contribution in [-0.2, 0) is 14.2 Å². The van der Waals surface area contributed by atoms with E-state index in [-0.39, 0.29) is 6.10 Å². The molecule has 22 heavy (non-hydrogen) atoms. The smallest absolute Gasteiger partial charge is 0.191 e. The van der Waals surface area contributed by atoms with E-state index in [0.29, 0.717) is 0 Å². The Balaban J connectivity index is 2.04. The highest BCUT2D eigenvalue weighted by Gasteiger charge is 2.15. The third-order valence-electron chi connectivity index (χ3n) is 3.34. The molecule has 2 N–H and O–H groups in total. The van der Waals surface area contributed by atoms with Crippen LogP contribution in [0, 0.1) is 0 Å². The van der Waals surface area contributed by atoms with Crippen LogP contribution < -0.4 is 10.6 Å². The fourth-order valence-corrected chi connectivity index (χ4v) is 2.08. The molecule has 1 saturated heterocycles. The minimum Gasteiger partial charge on any atom is -0.380 e. The van der Waals surface area contributed by atoms with Crippen LogP contribution in [-0.4, -0.2) is 64.7 Å². The molecule has 0 saturated carbocycles. The molecule has 0 aromatic carbocycles. The summed E-state index contributed by atoms with van der Waals surface area (Å²) in [5.74, 6) is 0.853. The van der Waals surface area contributed by atoms with E-state index in [2.05, 4.69) is 29.5 Å². The van der Waals surface area contributed by atoms with Gasteiger partial charge in [-0.15, -0.1) is 0 Å². The highest BCUT2D eigenvalue weighted by molar-refractivity contribution is 5.79. The lowest BCUT2D eigenvalue weighted by Gasteiger charge is -2.12. The van der Waals surface area contributed by atoms with Crippen molar-refractivity contribution in [1.82, 2.24) is 10.6 Å². The molecule has 0 aliphatic carbocycles. The molecule has 1 aliphatic rings. The van der Waals surface area contributed by atoms with Crippen LogP contribution in [0.4, 0.5) is 0 Å². The standard InChI is InChI=1S/C16H33N3O3/c1-3-5-10-20-13-9-19-16(17-4-2)18-8-6-11-22-15-7-12-21-14-15/h15H,3-14H2,1-2H3,(H2,17,18,19). The Hall–Kier alpha value is -0.850. The molecule has 0 spiro atoms. The number of aliphatic imine (C=N–C) groups is 1. The summed E-state index contributed by atoms with van der Waals surface area (Å²) in [7, 11) is 0. The van der Waals surface area contributed by atoms with Crippen LogP contribution in [0.3, 0.4) is 0 Å². The van der Waals surface area contributed by atoms with Crippen molar-refractivity contribution in [3.8, 4) is 0 Å². The second-order valence-electron chi connectivity index (χ2n) is 5.36. The van der Waals surface area contributed by atoms with Gasteiger partial charge < -0.3 is 24.8 Å². The Morgan fingerprint density at radius 1 is 1.18 bits per heavy atom. The molecule has 1 atom stereocenters. The monoisotopic (exact) mass is 315 g/mol. The molecule has 6 heteroatoms. The van der Waals surface area contributed by atoms with E-state index in [1.807, 2.05) is 0 Å². The van der Waals surface area contributed by atoms with Crippen molar-refractivity contribution in [2.75, 3.05) is 52.7 Å². The van der Waals surface area contributed by atoms with Gasteiger partial charge in [0, 0.05) is 39.5 Å². The number of nitrogens with zero attached hydrogens (tertiary/aromatic N) is 1. The second-order valence-corrected chi connectivity index (χ2v) is 5.36. The molecule has 6 nitrogen and oxygen atoms in total. The fourth-order valence-electron chi connectivity index (χ4n) is 2.08. The molecule has 0 aromatic rings. The SMILES string of the molecule is CCCCOCCNC(=NCCCOC1CCOC1)NCC. The Morgan fingerprint density at radius 3 is 2.82 bits per heavy atom. The lowest BCUT2D eigenvalue weighted by atomic mass is 10.3. The van der Waals surface area contributed by atoms with E-state index in [9.17, 15) is 0 Å². The second kappa shape index (κ2) is 13.8. The van der Waals surface area contributed by atoms with E-state index >= 15 is 0 Å². The summed E-state index contributed by atoms with van der Waals surface area (Å²) >= 11 is 0. The Morgan fingerprint density at radius 2 is 2.09 bits per heavy atom. The van der Waals surface area contributed by atoms with Crippen LogP contribution in [0.5, 0.6) is 0 Å². The van der Waals surface area contributed by atoms with Crippen LogP contribution in [0.15, 0.2) is 4.99 Å². The van der Waals surface area contributed by atoms with Crippen LogP contribution in [0.1, 0.15) is 39.5 Å². The van der Waals surface area contributed by atoms with Gasteiger partial charge >= 0.3 is 0 Å². The maximum atomic E-state index is 5.73. The van der Waals surface area contributed by atoms with Gasteiger partial charge in [0.2, 0.25) is 0 Å². The van der Waals surface area contributed by atoms with Gasteiger partial charge in [-0.2, -0.15) is 0 Å². The van der Waals surface area contributed by atoms with Crippen molar-refractivity contribution in [2.24, 2.45) is 4.99 Å². The van der Waals surface area contributed by atoms with E-state index in [1.165, 1.54) is 6.42 Å². The van der Waals surface area contributed by atoms with Gasteiger partial charge in [0.15, 0.2) is 5.96 Å². The molecule has 0 amide bonds. The van der Waals surface area contributed by atoms with Crippen LogP contribution in [0.2, 0.25) is 0 Å². The zero-order valence-corrected chi connectivity index (χ0v) is 14.2. The summed E-state index contributed by atoms with van der Waals surface area (Å²) in [4.78, 5) is 4.54. The van der Waals surface area contributed by atoms with Gasteiger partial charge in [-0.25, -0.2) is 0 Å². The summed E-state index contributed by atoms with van der Waals surface area (Å²) in [6.45, 7) is 10.5. The van der Waals surface area contributed by atoms with E-state index in [1.54, 1.807) is 0 Å². The number of unbranched alkanes of at least 4 members (excludes halogenated alkanes) is 1. The molecule has 1 fully saturated rings. The van der Waals surface area contributed by atoms with Crippen molar-refractivity contribution in [3.63, 3.8) is 0 Å². The number of hydrogen-bond donors (Lipinski definition) is 2. The first-order chi connectivity index (χ1) is 10.9. The third-order valence-corrected chi connectivity index (χ3v) is 3.34. The zero-order valence-electron chi connectivity index (χ0n) is 14.2. The predicted octanol–water partition coefficient (Wildman–Crippen LogP) is 1.55. The number of ether oxygens (including phenoxy) is 3. The predicted molar refractivity (Wildman–Crippen MR) is 89.5 cm³/mol. The molecule has 1 heterocycles. The van der Waals surface area contributed by atoms with E-state index in [0.717, 1.165) is 77.9 Å². The lowest BCUT2D eigenvalue weighted by Crippen LogP contribution is -2.39. The largest absolute Gasteiger partial charge is 0.380 e. The highest BCUT2D eigenvalue weighted by atomic mass is 16.5. The fraction of sp³-hybridized carbons (Fsp3) is 0.938.